The molecule has 1 unspecified atom stereocenters. The summed E-state index contributed by atoms with van der Waals surface area (Å²) in [5.41, 5.74) is 5.65. The SMILES string of the molecule is Cn1cc(-c2cccc(CN3CCC4(CC3)COc3c4cc(C#N)c4c3CN(C3CCC(=O)NC3=O)C4=O)c2)cn1. The standard InChI is InChI=1S/C31H30N6O4/c1-35-16-22(14-33-35)20-4-2-3-19(11-20)15-36-9-7-31(8-10-36)18-41-28-23-17-37(25-5-6-26(38)34-29(25)39)30(40)27(23)21(13-32)12-24(28)31/h2-4,11-12,14,16,25H,5-10,15,17-18H2,1H3,(H,34,38,39). The Morgan fingerprint density at radius 1 is 1.17 bits per heavy atom. The first-order valence-corrected chi connectivity index (χ1v) is 14.0. The van der Waals surface area contributed by atoms with E-state index in [0.29, 0.717) is 29.0 Å². The van der Waals surface area contributed by atoms with E-state index in [1.54, 1.807) is 0 Å². The molecule has 2 saturated heterocycles. The smallest absolute Gasteiger partial charge is 0.256 e. The summed E-state index contributed by atoms with van der Waals surface area (Å²) in [6, 6.07) is 11.9. The minimum absolute atomic E-state index is 0.184. The number of rotatable bonds is 4. The molecule has 208 valence electrons. The lowest BCUT2D eigenvalue weighted by Gasteiger charge is -2.38. The molecular weight excluding hydrogens is 520 g/mol. The van der Waals surface area contributed by atoms with Crippen molar-refractivity contribution in [3.8, 4) is 22.9 Å². The van der Waals surface area contributed by atoms with Crippen LogP contribution in [-0.4, -0.2) is 63.0 Å². The number of fused-ring (bicyclic) bond motifs is 4. The van der Waals surface area contributed by atoms with Crippen LogP contribution in [0.15, 0.2) is 42.7 Å². The average Bonchev–Trinajstić information content (AvgIpc) is 3.66. The predicted octanol–water partition coefficient (Wildman–Crippen LogP) is 2.65. The van der Waals surface area contributed by atoms with Gasteiger partial charge in [0.1, 0.15) is 11.8 Å². The zero-order chi connectivity index (χ0) is 28.3. The van der Waals surface area contributed by atoms with Crippen LogP contribution in [0.3, 0.4) is 0 Å². The Labute approximate surface area is 237 Å². The maximum absolute atomic E-state index is 13.4. The molecule has 1 N–H and O–H groups in total. The molecule has 3 amide bonds. The highest BCUT2D eigenvalue weighted by Gasteiger charge is 2.48. The van der Waals surface area contributed by atoms with Crippen molar-refractivity contribution in [2.45, 2.75) is 50.2 Å². The second-order valence-electron chi connectivity index (χ2n) is 11.6. The Morgan fingerprint density at radius 3 is 2.73 bits per heavy atom. The van der Waals surface area contributed by atoms with Crippen LogP contribution in [0.4, 0.5) is 0 Å². The maximum Gasteiger partial charge on any atom is 0.256 e. The summed E-state index contributed by atoms with van der Waals surface area (Å²) in [5, 5.41) is 16.7. The van der Waals surface area contributed by atoms with Crippen molar-refractivity contribution in [3.05, 3.63) is 70.5 Å². The second kappa shape index (κ2) is 9.56. The van der Waals surface area contributed by atoms with E-state index in [9.17, 15) is 19.6 Å². The van der Waals surface area contributed by atoms with Crippen molar-refractivity contribution in [1.82, 2.24) is 24.9 Å². The number of aryl methyl sites for hydroxylation is 1. The zero-order valence-electron chi connectivity index (χ0n) is 22.9. The van der Waals surface area contributed by atoms with Gasteiger partial charge >= 0.3 is 0 Å². The van der Waals surface area contributed by atoms with Gasteiger partial charge in [-0.15, -0.1) is 0 Å². The van der Waals surface area contributed by atoms with Gasteiger partial charge in [-0.05, 0) is 55.6 Å². The van der Waals surface area contributed by atoms with Crippen LogP contribution >= 0.6 is 0 Å². The maximum atomic E-state index is 13.4. The van der Waals surface area contributed by atoms with Gasteiger partial charge in [0.15, 0.2) is 0 Å². The van der Waals surface area contributed by atoms with Gasteiger partial charge in [0.2, 0.25) is 11.8 Å². The number of likely N-dealkylation sites (tertiary alicyclic amines) is 1. The van der Waals surface area contributed by atoms with Crippen molar-refractivity contribution < 1.29 is 19.1 Å². The molecule has 0 saturated carbocycles. The molecule has 0 bridgehead atoms. The Kier molecular flexibility index (Phi) is 5.94. The first-order chi connectivity index (χ1) is 19.8. The number of nitrogens with zero attached hydrogens (tertiary/aromatic N) is 5. The van der Waals surface area contributed by atoms with E-state index in [-0.39, 0.29) is 36.6 Å². The Balaban J connectivity index is 1.10. The van der Waals surface area contributed by atoms with Crippen molar-refractivity contribution >= 4 is 17.7 Å². The molecule has 10 nitrogen and oxygen atoms in total. The van der Waals surface area contributed by atoms with E-state index < -0.39 is 11.9 Å². The number of ether oxygens (including phenoxy) is 1. The molecule has 41 heavy (non-hydrogen) atoms. The number of imide groups is 1. The fraction of sp³-hybridized carbons (Fsp3) is 0.387. The number of nitrogens with one attached hydrogen (secondary N) is 1. The van der Waals surface area contributed by atoms with Crippen LogP contribution in [0.2, 0.25) is 0 Å². The van der Waals surface area contributed by atoms with E-state index in [1.807, 2.05) is 30.2 Å². The fourth-order valence-electron chi connectivity index (χ4n) is 6.90. The van der Waals surface area contributed by atoms with E-state index in [4.69, 9.17) is 4.74 Å². The molecule has 2 fully saturated rings. The van der Waals surface area contributed by atoms with E-state index in [0.717, 1.165) is 49.2 Å². The molecular formula is C31H30N6O4. The second-order valence-corrected chi connectivity index (χ2v) is 11.6. The third-order valence-corrected chi connectivity index (χ3v) is 9.14. The first-order valence-electron chi connectivity index (χ1n) is 14.0. The van der Waals surface area contributed by atoms with Crippen LogP contribution in [-0.2, 0) is 35.1 Å². The Morgan fingerprint density at radius 2 is 2.00 bits per heavy atom. The molecule has 1 aromatic heterocycles. The van der Waals surface area contributed by atoms with Crippen LogP contribution in [0.5, 0.6) is 5.75 Å². The normalized spacial score (nSPS) is 21.4. The van der Waals surface area contributed by atoms with E-state index in [2.05, 4.69) is 45.7 Å². The number of hydrogen-bond donors (Lipinski definition) is 1. The number of carbonyl (C=O) groups excluding carboxylic acids is 3. The van der Waals surface area contributed by atoms with Gasteiger partial charge in [-0.3, -0.25) is 29.3 Å². The third kappa shape index (κ3) is 4.19. The number of carbonyl (C=O) groups is 3. The minimum Gasteiger partial charge on any atom is -0.492 e. The van der Waals surface area contributed by atoms with Crippen molar-refractivity contribution in [2.24, 2.45) is 7.05 Å². The highest BCUT2D eigenvalue weighted by atomic mass is 16.5. The lowest BCUT2D eigenvalue weighted by molar-refractivity contribution is -0.136. The molecule has 4 aliphatic heterocycles. The van der Waals surface area contributed by atoms with Gasteiger partial charge in [0.25, 0.3) is 5.91 Å². The highest BCUT2D eigenvalue weighted by Crippen LogP contribution is 2.50. The van der Waals surface area contributed by atoms with Crippen molar-refractivity contribution in [3.63, 3.8) is 0 Å². The van der Waals surface area contributed by atoms with Crippen molar-refractivity contribution in [2.75, 3.05) is 19.7 Å². The lowest BCUT2D eigenvalue weighted by Crippen LogP contribution is -2.52. The van der Waals surface area contributed by atoms with Crippen LogP contribution in [0, 0.1) is 11.3 Å². The van der Waals surface area contributed by atoms with E-state index >= 15 is 0 Å². The summed E-state index contributed by atoms with van der Waals surface area (Å²) in [6.45, 7) is 3.34. The number of nitriles is 1. The molecule has 0 radical (unpaired) electrons. The molecule has 2 aromatic carbocycles. The summed E-state index contributed by atoms with van der Waals surface area (Å²) in [4.78, 5) is 41.6. The number of benzene rings is 2. The quantitative estimate of drug-likeness (QED) is 0.496. The van der Waals surface area contributed by atoms with Gasteiger partial charge in [-0.25, -0.2) is 0 Å². The monoisotopic (exact) mass is 550 g/mol. The minimum atomic E-state index is -0.731. The number of amides is 3. The molecule has 10 heteroatoms. The molecule has 0 aliphatic carbocycles. The Bertz CT molecular complexity index is 1640. The summed E-state index contributed by atoms with van der Waals surface area (Å²) in [7, 11) is 1.92. The summed E-state index contributed by atoms with van der Waals surface area (Å²) >= 11 is 0. The summed E-state index contributed by atoms with van der Waals surface area (Å²) in [5.74, 6) is -0.443. The Hall–Kier alpha value is -4.49. The fourth-order valence-corrected chi connectivity index (χ4v) is 6.90. The third-order valence-electron chi connectivity index (χ3n) is 9.14. The van der Waals surface area contributed by atoms with Crippen LogP contribution < -0.4 is 10.1 Å². The van der Waals surface area contributed by atoms with Crippen molar-refractivity contribution in [1.29, 1.82) is 5.26 Å². The molecule has 7 rings (SSSR count). The van der Waals surface area contributed by atoms with Gasteiger partial charge in [0.05, 0.1) is 36.5 Å². The predicted molar refractivity (Wildman–Crippen MR) is 148 cm³/mol. The lowest BCUT2D eigenvalue weighted by atomic mass is 9.73. The molecule has 5 heterocycles. The zero-order valence-corrected chi connectivity index (χ0v) is 22.9. The summed E-state index contributed by atoms with van der Waals surface area (Å²) in [6.07, 6.45) is 6.13. The number of aromatic nitrogens is 2. The topological polar surface area (TPSA) is 121 Å². The highest BCUT2D eigenvalue weighted by molar-refractivity contribution is 6.07. The molecule has 3 aromatic rings. The van der Waals surface area contributed by atoms with Gasteiger partial charge in [-0.2, -0.15) is 10.4 Å². The summed E-state index contributed by atoms with van der Waals surface area (Å²) < 4.78 is 8.12. The molecule has 4 aliphatic rings. The molecule has 1 spiro atoms. The average molecular weight is 551 g/mol. The van der Waals surface area contributed by atoms with Gasteiger partial charge in [-0.1, -0.05) is 18.2 Å². The van der Waals surface area contributed by atoms with Crippen LogP contribution in [0.1, 0.15) is 58.3 Å². The van der Waals surface area contributed by atoms with Gasteiger partial charge < -0.3 is 9.64 Å². The number of piperidine rings is 2. The largest absolute Gasteiger partial charge is 0.492 e. The molecule has 1 atom stereocenters. The van der Waals surface area contributed by atoms with E-state index in [1.165, 1.54) is 10.5 Å². The van der Waals surface area contributed by atoms with Crippen LogP contribution in [0.25, 0.3) is 11.1 Å². The van der Waals surface area contributed by atoms with Gasteiger partial charge in [0, 0.05) is 48.3 Å². The number of hydrogen-bond acceptors (Lipinski definition) is 7. The first kappa shape index (κ1) is 25.5.